The lowest BCUT2D eigenvalue weighted by atomic mass is 9.62. The van der Waals surface area contributed by atoms with E-state index in [1.807, 2.05) is 18.2 Å². The second-order valence-electron chi connectivity index (χ2n) is 9.53. The van der Waals surface area contributed by atoms with Crippen molar-refractivity contribution in [3.05, 3.63) is 28.2 Å². The first-order valence-electron chi connectivity index (χ1n) is 9.98. The molecule has 1 heterocycles. The fourth-order valence-electron chi connectivity index (χ4n) is 5.43. The maximum atomic E-state index is 11.3. The first-order chi connectivity index (χ1) is 12.6. The minimum absolute atomic E-state index is 0.228. The number of piperidine rings is 1. The fourth-order valence-corrected chi connectivity index (χ4v) is 5.78. The van der Waals surface area contributed by atoms with Gasteiger partial charge in [-0.15, -0.1) is 0 Å². The fraction of sp³-hybridized carbons (Fsp3) is 0.682. The van der Waals surface area contributed by atoms with Crippen LogP contribution in [0.5, 0.6) is 5.75 Å². The Morgan fingerprint density at radius 1 is 1.33 bits per heavy atom. The van der Waals surface area contributed by atoms with E-state index in [-0.39, 0.29) is 10.8 Å². The van der Waals surface area contributed by atoms with Gasteiger partial charge in [0.2, 0.25) is 0 Å². The van der Waals surface area contributed by atoms with Gasteiger partial charge in [0.1, 0.15) is 5.75 Å². The summed E-state index contributed by atoms with van der Waals surface area (Å²) in [5, 5.41) is 9.31. The summed E-state index contributed by atoms with van der Waals surface area (Å²) in [6, 6.07) is 6.10. The zero-order chi connectivity index (χ0) is 19.8. The van der Waals surface area contributed by atoms with Crippen molar-refractivity contribution in [3.8, 4) is 5.75 Å². The number of amides is 1. The molecule has 2 atom stereocenters. The van der Waals surface area contributed by atoms with Crippen LogP contribution >= 0.6 is 15.9 Å². The predicted octanol–water partition coefficient (Wildman–Crippen LogP) is 5.97. The van der Waals surface area contributed by atoms with Gasteiger partial charge in [-0.1, -0.05) is 42.8 Å². The number of halogens is 1. The normalized spacial score (nSPS) is 25.0. The Bertz CT molecular complexity index is 689. The van der Waals surface area contributed by atoms with Crippen LogP contribution in [-0.4, -0.2) is 35.8 Å². The Labute approximate surface area is 171 Å². The maximum absolute atomic E-state index is 11.3. The quantitative estimate of drug-likeness (QED) is 0.633. The molecule has 1 saturated carbocycles. The highest BCUT2D eigenvalue weighted by molar-refractivity contribution is 9.10. The summed E-state index contributed by atoms with van der Waals surface area (Å²) in [5.41, 5.74) is 1.63. The second-order valence-corrected chi connectivity index (χ2v) is 10.4. The van der Waals surface area contributed by atoms with Crippen LogP contribution in [-0.2, 0) is 0 Å². The van der Waals surface area contributed by atoms with Crippen LogP contribution in [0.1, 0.15) is 52.0 Å². The standard InChI is InChI=1S/C22H32BrNO3/c1-15-17(23)6-5-7-18(15)27-14-16-12-19(21(2,3)4)22(13-16)8-10-24(11-9-22)20(25)26/h5-7,16,19H,8-14H2,1-4H3,(H,25,26)/t16-,19?/m1/s1. The van der Waals surface area contributed by atoms with Crippen molar-refractivity contribution in [2.45, 2.75) is 53.4 Å². The molecule has 5 heteroatoms. The van der Waals surface area contributed by atoms with Crippen LogP contribution in [0.2, 0.25) is 0 Å². The zero-order valence-electron chi connectivity index (χ0n) is 16.9. The molecule has 1 saturated heterocycles. The van der Waals surface area contributed by atoms with E-state index in [2.05, 4.69) is 43.6 Å². The monoisotopic (exact) mass is 437 g/mol. The van der Waals surface area contributed by atoms with Crippen LogP contribution < -0.4 is 4.74 Å². The molecule has 0 aromatic heterocycles. The van der Waals surface area contributed by atoms with E-state index in [9.17, 15) is 9.90 Å². The Hall–Kier alpha value is -1.23. The lowest BCUT2D eigenvalue weighted by molar-refractivity contribution is 0.0203. The minimum Gasteiger partial charge on any atom is -0.493 e. The molecule has 150 valence electrons. The van der Waals surface area contributed by atoms with Crippen molar-refractivity contribution in [2.75, 3.05) is 19.7 Å². The number of rotatable bonds is 3. The van der Waals surface area contributed by atoms with E-state index in [1.54, 1.807) is 4.90 Å². The van der Waals surface area contributed by atoms with Gasteiger partial charge in [-0.05, 0) is 67.4 Å². The summed E-state index contributed by atoms with van der Waals surface area (Å²) in [5.74, 6) is 2.10. The van der Waals surface area contributed by atoms with Crippen molar-refractivity contribution >= 4 is 22.0 Å². The first kappa shape index (κ1) is 20.5. The maximum Gasteiger partial charge on any atom is 0.407 e. The molecule has 0 bridgehead atoms. The molecule has 27 heavy (non-hydrogen) atoms. The molecule has 1 amide bonds. The highest BCUT2D eigenvalue weighted by atomic mass is 79.9. The van der Waals surface area contributed by atoms with Crippen LogP contribution in [0.4, 0.5) is 4.79 Å². The number of carboxylic acid groups (broad SMARTS) is 1. The molecular formula is C22H32BrNO3. The van der Waals surface area contributed by atoms with E-state index in [0.29, 0.717) is 24.9 Å². The molecule has 2 aliphatic rings. The number of likely N-dealkylation sites (tertiary alicyclic amines) is 1. The van der Waals surface area contributed by atoms with Gasteiger partial charge in [-0.2, -0.15) is 0 Å². The third-order valence-corrected chi connectivity index (χ3v) is 7.63. The molecule has 1 aliphatic carbocycles. The molecule has 1 aromatic carbocycles. The predicted molar refractivity (Wildman–Crippen MR) is 111 cm³/mol. The van der Waals surface area contributed by atoms with Gasteiger partial charge < -0.3 is 14.7 Å². The van der Waals surface area contributed by atoms with Crippen molar-refractivity contribution < 1.29 is 14.6 Å². The highest BCUT2D eigenvalue weighted by Gasteiger charge is 2.52. The molecule has 4 nitrogen and oxygen atoms in total. The van der Waals surface area contributed by atoms with Gasteiger partial charge in [0.25, 0.3) is 0 Å². The molecule has 3 rings (SSSR count). The van der Waals surface area contributed by atoms with Crippen molar-refractivity contribution in [2.24, 2.45) is 22.7 Å². The Morgan fingerprint density at radius 3 is 2.59 bits per heavy atom. The molecule has 1 aliphatic heterocycles. The molecule has 2 fully saturated rings. The summed E-state index contributed by atoms with van der Waals surface area (Å²) in [7, 11) is 0. The molecule has 0 radical (unpaired) electrons. The molecule has 1 N–H and O–H groups in total. The lowest BCUT2D eigenvalue weighted by Crippen LogP contribution is -2.46. The van der Waals surface area contributed by atoms with Gasteiger partial charge in [-0.25, -0.2) is 4.79 Å². The summed E-state index contributed by atoms with van der Waals surface area (Å²) < 4.78 is 7.30. The van der Waals surface area contributed by atoms with E-state index >= 15 is 0 Å². The van der Waals surface area contributed by atoms with Crippen LogP contribution in [0.3, 0.4) is 0 Å². The molecule has 1 unspecified atom stereocenters. The lowest BCUT2D eigenvalue weighted by Gasteiger charge is -2.47. The van der Waals surface area contributed by atoms with E-state index in [4.69, 9.17) is 4.74 Å². The Morgan fingerprint density at radius 2 is 2.00 bits per heavy atom. The average molecular weight is 438 g/mol. The summed E-state index contributed by atoms with van der Waals surface area (Å²) in [6.07, 6.45) is 3.50. The van der Waals surface area contributed by atoms with Crippen molar-refractivity contribution in [3.63, 3.8) is 0 Å². The third-order valence-electron chi connectivity index (χ3n) is 6.77. The van der Waals surface area contributed by atoms with Gasteiger partial charge >= 0.3 is 6.09 Å². The number of ether oxygens (including phenoxy) is 1. The number of hydrogen-bond acceptors (Lipinski definition) is 2. The van der Waals surface area contributed by atoms with Crippen molar-refractivity contribution in [1.82, 2.24) is 4.90 Å². The zero-order valence-corrected chi connectivity index (χ0v) is 18.5. The van der Waals surface area contributed by atoms with Crippen molar-refractivity contribution in [1.29, 1.82) is 0 Å². The Kier molecular flexibility index (Phi) is 5.81. The smallest absolute Gasteiger partial charge is 0.407 e. The van der Waals surface area contributed by atoms with Crippen LogP contribution in [0, 0.1) is 29.6 Å². The number of benzene rings is 1. The van der Waals surface area contributed by atoms with E-state index in [1.165, 1.54) is 6.42 Å². The summed E-state index contributed by atoms with van der Waals surface area (Å²) in [4.78, 5) is 12.9. The number of nitrogens with zero attached hydrogens (tertiary/aromatic N) is 1. The topological polar surface area (TPSA) is 49.8 Å². The summed E-state index contributed by atoms with van der Waals surface area (Å²) in [6.45, 7) is 11.2. The van der Waals surface area contributed by atoms with Crippen LogP contribution in [0.25, 0.3) is 0 Å². The summed E-state index contributed by atoms with van der Waals surface area (Å²) >= 11 is 3.58. The molecule has 1 aromatic rings. The van der Waals surface area contributed by atoms with Gasteiger partial charge in [0, 0.05) is 23.1 Å². The van der Waals surface area contributed by atoms with Gasteiger partial charge in [-0.3, -0.25) is 0 Å². The average Bonchev–Trinajstić information content (AvgIpc) is 2.95. The minimum atomic E-state index is -0.778. The number of carbonyl (C=O) groups is 1. The van der Waals surface area contributed by atoms with Gasteiger partial charge in [0.15, 0.2) is 0 Å². The first-order valence-corrected chi connectivity index (χ1v) is 10.8. The third kappa shape index (κ3) is 4.28. The highest BCUT2D eigenvalue weighted by Crippen LogP contribution is 2.58. The largest absolute Gasteiger partial charge is 0.493 e. The van der Waals surface area contributed by atoms with Gasteiger partial charge in [0.05, 0.1) is 6.61 Å². The second kappa shape index (κ2) is 7.65. The van der Waals surface area contributed by atoms with E-state index in [0.717, 1.165) is 41.7 Å². The van der Waals surface area contributed by atoms with E-state index < -0.39 is 6.09 Å². The van der Waals surface area contributed by atoms with Crippen LogP contribution in [0.15, 0.2) is 22.7 Å². The Balaban J connectivity index is 1.70. The SMILES string of the molecule is Cc1c(Br)cccc1OC[C@@H]1CC(C(C)(C)C)C2(CCN(C(=O)O)CC2)C1. The molecular weight excluding hydrogens is 406 g/mol. The molecule has 1 spiro atoms. The number of hydrogen-bond donors (Lipinski definition) is 1.